The van der Waals surface area contributed by atoms with Crippen LogP contribution in [0.3, 0.4) is 0 Å². The van der Waals surface area contributed by atoms with Crippen molar-refractivity contribution in [2.45, 2.75) is 31.9 Å². The quantitative estimate of drug-likeness (QED) is 0.580. The number of aliphatic hydroxyl groups excluding tert-OH is 1. The maximum Gasteiger partial charge on any atom is 0.325 e. The van der Waals surface area contributed by atoms with Gasteiger partial charge in [0, 0.05) is 13.5 Å². The lowest BCUT2D eigenvalue weighted by Gasteiger charge is -2.22. The molecule has 14 heavy (non-hydrogen) atoms. The van der Waals surface area contributed by atoms with Gasteiger partial charge in [-0.2, -0.15) is 0 Å². The number of aliphatic hydroxyl groups is 1. The number of nitrogens with two attached hydrogens (primary N) is 1. The summed E-state index contributed by atoms with van der Waals surface area (Å²) in [6, 6.07) is -0.944. The highest BCUT2D eigenvalue weighted by Gasteiger charge is 2.18. The summed E-state index contributed by atoms with van der Waals surface area (Å²) in [5.74, 6) is -0.584. The van der Waals surface area contributed by atoms with Gasteiger partial charge in [0.2, 0.25) is 0 Å². The molecule has 1 atom stereocenters. The van der Waals surface area contributed by atoms with E-state index in [1.807, 2.05) is 13.8 Å². The zero-order valence-electron chi connectivity index (χ0n) is 8.95. The van der Waals surface area contributed by atoms with E-state index in [9.17, 15) is 4.79 Å². The van der Waals surface area contributed by atoms with Gasteiger partial charge in [-0.3, -0.25) is 4.79 Å². The fraction of sp³-hybridized carbons (Fsp3) is 0.889. The molecule has 0 aliphatic carbocycles. The maximum absolute atomic E-state index is 11.0. The van der Waals surface area contributed by atoms with Gasteiger partial charge in [0.1, 0.15) is 6.04 Å². The van der Waals surface area contributed by atoms with E-state index in [1.165, 1.54) is 0 Å². The summed E-state index contributed by atoms with van der Waals surface area (Å²) in [6.45, 7) is 3.64. The van der Waals surface area contributed by atoms with Gasteiger partial charge in [-0.25, -0.2) is 0 Å². The maximum atomic E-state index is 11.0. The zero-order chi connectivity index (χ0) is 11.2. The van der Waals surface area contributed by atoms with Crippen LogP contribution in [-0.2, 0) is 14.3 Å². The fourth-order valence-corrected chi connectivity index (χ4v) is 0.681. The van der Waals surface area contributed by atoms with E-state index in [1.54, 1.807) is 7.11 Å². The summed E-state index contributed by atoms with van der Waals surface area (Å²) in [5.41, 5.74) is 4.93. The molecule has 0 amide bonds. The molecule has 0 rings (SSSR count). The number of carbonyl (C=O) groups is 1. The first kappa shape index (κ1) is 13.4. The molecule has 0 bridgehead atoms. The lowest BCUT2D eigenvalue weighted by atomic mass is 10.1. The van der Waals surface area contributed by atoms with Crippen molar-refractivity contribution < 1.29 is 19.4 Å². The first-order valence-electron chi connectivity index (χ1n) is 4.51. The zero-order valence-corrected chi connectivity index (χ0v) is 8.95. The third-order valence-corrected chi connectivity index (χ3v) is 2.00. The van der Waals surface area contributed by atoms with Crippen LogP contribution < -0.4 is 5.73 Å². The van der Waals surface area contributed by atoms with Gasteiger partial charge < -0.3 is 20.3 Å². The van der Waals surface area contributed by atoms with Crippen molar-refractivity contribution in [3.8, 4) is 0 Å². The molecular formula is C9H19NO4. The molecule has 0 saturated carbocycles. The first-order valence-corrected chi connectivity index (χ1v) is 4.51. The summed E-state index contributed by atoms with van der Waals surface area (Å²) in [6.07, 6.45) is 0.591. The Bertz CT molecular complexity index is 182. The molecule has 5 heteroatoms. The van der Waals surface area contributed by atoms with Crippen LogP contribution in [0.25, 0.3) is 0 Å². The molecule has 0 radical (unpaired) electrons. The van der Waals surface area contributed by atoms with E-state index < -0.39 is 18.6 Å². The van der Waals surface area contributed by atoms with Crippen molar-refractivity contribution in [2.24, 2.45) is 5.73 Å². The third kappa shape index (κ3) is 5.16. The van der Waals surface area contributed by atoms with Crippen molar-refractivity contribution in [3.05, 3.63) is 0 Å². The summed E-state index contributed by atoms with van der Waals surface area (Å²) in [4.78, 5) is 11.0. The smallest absolute Gasteiger partial charge is 0.325 e. The van der Waals surface area contributed by atoms with E-state index >= 15 is 0 Å². The van der Waals surface area contributed by atoms with Crippen molar-refractivity contribution in [1.82, 2.24) is 0 Å². The molecule has 0 aromatic rings. The Kier molecular flexibility index (Phi) is 5.68. The second-order valence-electron chi connectivity index (χ2n) is 3.67. The van der Waals surface area contributed by atoms with Crippen molar-refractivity contribution in [2.75, 3.05) is 20.3 Å². The Labute approximate surface area is 84.2 Å². The van der Waals surface area contributed by atoms with Gasteiger partial charge in [0.15, 0.2) is 0 Å². The lowest BCUT2D eigenvalue weighted by Crippen LogP contribution is -2.36. The van der Waals surface area contributed by atoms with E-state index in [2.05, 4.69) is 0 Å². The van der Waals surface area contributed by atoms with Crippen LogP contribution in [-0.4, -0.2) is 43.0 Å². The monoisotopic (exact) mass is 205 g/mol. The molecule has 5 nitrogen and oxygen atoms in total. The summed E-state index contributed by atoms with van der Waals surface area (Å²) >= 11 is 0. The largest absolute Gasteiger partial charge is 0.464 e. The Morgan fingerprint density at radius 2 is 2.14 bits per heavy atom. The first-order chi connectivity index (χ1) is 6.43. The highest BCUT2D eigenvalue weighted by molar-refractivity contribution is 5.75. The Morgan fingerprint density at radius 1 is 1.57 bits per heavy atom. The van der Waals surface area contributed by atoms with Gasteiger partial charge in [-0.05, 0) is 13.8 Å². The number of carbonyl (C=O) groups excluding carboxylic acids is 1. The van der Waals surface area contributed by atoms with E-state index in [-0.39, 0.29) is 12.2 Å². The molecule has 84 valence electrons. The number of hydrogen-bond donors (Lipinski definition) is 2. The predicted octanol–water partition coefficient (Wildman–Crippen LogP) is -0.336. The molecule has 0 aliphatic rings. The number of methoxy groups -OCH3 is 1. The highest BCUT2D eigenvalue weighted by atomic mass is 16.5. The highest BCUT2D eigenvalue weighted by Crippen LogP contribution is 2.12. The standard InChI is InChI=1S/C9H19NO4/c1-9(2,13-3)4-5-14-8(12)7(10)6-11/h7,11H,4-6,10H2,1-3H3/t7-/m1/s1. The Hall–Kier alpha value is -0.650. The van der Waals surface area contributed by atoms with Crippen molar-refractivity contribution in [3.63, 3.8) is 0 Å². The SMILES string of the molecule is COC(C)(C)CCOC(=O)[C@H](N)CO. The molecule has 0 fully saturated rings. The lowest BCUT2D eigenvalue weighted by molar-refractivity contribution is -0.147. The molecule has 0 aromatic carbocycles. The second-order valence-corrected chi connectivity index (χ2v) is 3.67. The van der Waals surface area contributed by atoms with E-state index in [0.717, 1.165) is 0 Å². The molecule has 0 aromatic heterocycles. The van der Waals surface area contributed by atoms with Crippen molar-refractivity contribution in [1.29, 1.82) is 0 Å². The molecular weight excluding hydrogens is 186 g/mol. The van der Waals surface area contributed by atoms with Gasteiger partial charge >= 0.3 is 5.97 Å². The molecule has 0 spiro atoms. The minimum atomic E-state index is -0.944. The molecule has 0 aliphatic heterocycles. The molecule has 0 saturated heterocycles. The number of hydrogen-bond acceptors (Lipinski definition) is 5. The Morgan fingerprint density at radius 3 is 2.57 bits per heavy atom. The average molecular weight is 205 g/mol. The van der Waals surface area contributed by atoms with Crippen LogP contribution >= 0.6 is 0 Å². The predicted molar refractivity (Wildman–Crippen MR) is 51.7 cm³/mol. The van der Waals surface area contributed by atoms with Crippen molar-refractivity contribution >= 4 is 5.97 Å². The van der Waals surface area contributed by atoms with Crippen LogP contribution in [0.1, 0.15) is 20.3 Å². The van der Waals surface area contributed by atoms with Gasteiger partial charge in [-0.15, -0.1) is 0 Å². The summed E-state index contributed by atoms with van der Waals surface area (Å²) in [5, 5.41) is 8.56. The number of rotatable bonds is 6. The minimum absolute atomic E-state index is 0.243. The van der Waals surface area contributed by atoms with Crippen LogP contribution in [0.15, 0.2) is 0 Å². The third-order valence-electron chi connectivity index (χ3n) is 2.00. The second kappa shape index (κ2) is 5.95. The average Bonchev–Trinajstić information content (AvgIpc) is 2.16. The van der Waals surface area contributed by atoms with Gasteiger partial charge in [0.25, 0.3) is 0 Å². The van der Waals surface area contributed by atoms with Crippen LogP contribution in [0.5, 0.6) is 0 Å². The fourth-order valence-electron chi connectivity index (χ4n) is 0.681. The van der Waals surface area contributed by atoms with Crippen LogP contribution in [0.4, 0.5) is 0 Å². The molecule has 0 heterocycles. The summed E-state index contributed by atoms with van der Waals surface area (Å²) in [7, 11) is 1.60. The number of ether oxygens (including phenoxy) is 2. The molecule has 0 unspecified atom stereocenters. The van der Waals surface area contributed by atoms with E-state index in [4.69, 9.17) is 20.3 Å². The normalized spacial score (nSPS) is 13.8. The van der Waals surface area contributed by atoms with Crippen LogP contribution in [0, 0.1) is 0 Å². The number of esters is 1. The van der Waals surface area contributed by atoms with E-state index in [0.29, 0.717) is 6.42 Å². The topological polar surface area (TPSA) is 81.8 Å². The summed E-state index contributed by atoms with van der Waals surface area (Å²) < 4.78 is 9.96. The van der Waals surface area contributed by atoms with Crippen LogP contribution in [0.2, 0.25) is 0 Å². The molecule has 3 N–H and O–H groups in total. The van der Waals surface area contributed by atoms with Gasteiger partial charge in [0.05, 0.1) is 18.8 Å². The van der Waals surface area contributed by atoms with Gasteiger partial charge in [-0.1, -0.05) is 0 Å². The Balaban J connectivity index is 3.69. The minimum Gasteiger partial charge on any atom is -0.464 e.